The highest BCUT2D eigenvalue weighted by atomic mass is 32.2. The number of fused-ring (bicyclic) bond motifs is 1. The third kappa shape index (κ3) is 4.31. The number of nitrogens with zero attached hydrogens (tertiary/aromatic N) is 3. The molecule has 5 rings (SSSR count). The number of hydrogen-bond donors (Lipinski definition) is 2. The van der Waals surface area contributed by atoms with Crippen LogP contribution in [0.25, 0.3) is 10.8 Å². The molecule has 2 atom stereocenters. The summed E-state index contributed by atoms with van der Waals surface area (Å²) in [5.74, 6) is -0.0275. The van der Waals surface area contributed by atoms with E-state index in [1.165, 1.54) is 24.5 Å². The molecule has 1 amide bonds. The molecule has 1 fully saturated rings. The number of hydrogen-bond acceptors (Lipinski definition) is 6. The maximum Gasteiger partial charge on any atom is 0.263 e. The number of nitrogens with one attached hydrogen (secondary N) is 2. The molecule has 8 nitrogen and oxygen atoms in total. The lowest BCUT2D eigenvalue weighted by atomic mass is 10.1. The van der Waals surface area contributed by atoms with Crippen molar-refractivity contribution in [1.82, 2.24) is 9.97 Å². The van der Waals surface area contributed by atoms with E-state index in [0.717, 1.165) is 16.3 Å². The van der Waals surface area contributed by atoms with Crippen molar-refractivity contribution in [3.8, 4) is 6.07 Å². The van der Waals surface area contributed by atoms with Gasteiger partial charge in [0.25, 0.3) is 10.0 Å². The predicted octanol–water partition coefficient (Wildman–Crippen LogP) is 4.04. The molecule has 0 spiro atoms. The molecule has 0 aliphatic heterocycles. The summed E-state index contributed by atoms with van der Waals surface area (Å²) in [6.45, 7) is 0. The topological polar surface area (TPSA) is 125 Å². The summed E-state index contributed by atoms with van der Waals surface area (Å²) in [5.41, 5.74) is 1.98. The van der Waals surface area contributed by atoms with Gasteiger partial charge in [0.05, 0.1) is 10.5 Å². The van der Waals surface area contributed by atoms with Gasteiger partial charge >= 0.3 is 0 Å². The molecule has 2 aromatic carbocycles. The molecule has 1 aliphatic carbocycles. The number of rotatable bonds is 6. The Labute approximate surface area is 196 Å². The molecule has 4 aromatic rings. The number of carbonyl (C=O) groups is 1. The van der Waals surface area contributed by atoms with Gasteiger partial charge in [-0.25, -0.2) is 13.4 Å². The zero-order valence-corrected chi connectivity index (χ0v) is 18.7. The van der Waals surface area contributed by atoms with Crippen LogP contribution in [0.1, 0.15) is 23.5 Å². The van der Waals surface area contributed by atoms with E-state index in [1.807, 2.05) is 6.07 Å². The van der Waals surface area contributed by atoms with Crippen LogP contribution in [0.3, 0.4) is 0 Å². The molecule has 9 heteroatoms. The average molecular weight is 470 g/mol. The first kappa shape index (κ1) is 21.6. The van der Waals surface area contributed by atoms with Crippen molar-refractivity contribution in [1.29, 1.82) is 5.26 Å². The minimum Gasteiger partial charge on any atom is -0.326 e. The smallest absolute Gasteiger partial charge is 0.263 e. The second-order valence-corrected chi connectivity index (χ2v) is 9.74. The Kier molecular flexibility index (Phi) is 5.43. The second kappa shape index (κ2) is 8.57. The third-order valence-electron chi connectivity index (χ3n) is 5.80. The van der Waals surface area contributed by atoms with Crippen molar-refractivity contribution in [3.63, 3.8) is 0 Å². The second-order valence-electron chi connectivity index (χ2n) is 8.06. The van der Waals surface area contributed by atoms with Gasteiger partial charge in [-0.2, -0.15) is 5.26 Å². The molecule has 34 heavy (non-hydrogen) atoms. The molecule has 1 saturated carbocycles. The Bertz CT molecular complexity index is 1530. The van der Waals surface area contributed by atoms with Crippen LogP contribution in [0.15, 0.2) is 84.1 Å². The molecule has 2 heterocycles. The number of carbonyl (C=O) groups excluding carboxylic acids is 1. The normalized spacial score (nSPS) is 17.0. The molecule has 2 aromatic heterocycles. The Hall–Kier alpha value is -4.29. The van der Waals surface area contributed by atoms with E-state index in [4.69, 9.17) is 0 Å². The highest BCUT2D eigenvalue weighted by Gasteiger charge is 2.44. The van der Waals surface area contributed by atoms with E-state index in [9.17, 15) is 18.5 Å². The first-order chi connectivity index (χ1) is 16.4. The molecule has 0 unspecified atom stereocenters. The van der Waals surface area contributed by atoms with Crippen LogP contribution in [0.4, 0.5) is 11.5 Å². The number of pyridine rings is 2. The molecule has 0 saturated heterocycles. The summed E-state index contributed by atoms with van der Waals surface area (Å²) in [6, 6.07) is 19.0. The summed E-state index contributed by atoms with van der Waals surface area (Å²) in [6.07, 6.45) is 5.37. The maximum atomic E-state index is 12.8. The number of aromatic nitrogens is 2. The molecular weight excluding hydrogens is 450 g/mol. The van der Waals surface area contributed by atoms with Crippen LogP contribution in [-0.2, 0) is 14.8 Å². The molecular formula is C25H19N5O3S. The predicted molar refractivity (Wildman–Crippen MR) is 127 cm³/mol. The Balaban J connectivity index is 1.26. The van der Waals surface area contributed by atoms with Gasteiger partial charge in [-0.3, -0.25) is 14.5 Å². The van der Waals surface area contributed by atoms with E-state index in [1.54, 1.807) is 48.7 Å². The van der Waals surface area contributed by atoms with Gasteiger partial charge in [0, 0.05) is 41.0 Å². The van der Waals surface area contributed by atoms with Crippen molar-refractivity contribution in [3.05, 3.63) is 90.4 Å². The van der Waals surface area contributed by atoms with Crippen molar-refractivity contribution in [2.24, 2.45) is 5.92 Å². The summed E-state index contributed by atoms with van der Waals surface area (Å²) >= 11 is 0. The Morgan fingerprint density at radius 2 is 1.88 bits per heavy atom. The first-order valence-corrected chi connectivity index (χ1v) is 12.1. The van der Waals surface area contributed by atoms with Crippen molar-refractivity contribution in [2.45, 2.75) is 17.2 Å². The van der Waals surface area contributed by atoms with E-state index in [-0.39, 0.29) is 28.5 Å². The fourth-order valence-corrected chi connectivity index (χ4v) is 4.94. The number of anilines is 2. The highest BCUT2D eigenvalue weighted by molar-refractivity contribution is 7.92. The van der Waals surface area contributed by atoms with Gasteiger partial charge in [-0.05, 0) is 54.3 Å². The van der Waals surface area contributed by atoms with Crippen molar-refractivity contribution in [2.75, 3.05) is 10.0 Å². The summed E-state index contributed by atoms with van der Waals surface area (Å²) in [7, 11) is -3.75. The summed E-state index contributed by atoms with van der Waals surface area (Å²) in [5, 5.41) is 13.8. The zero-order chi connectivity index (χ0) is 23.7. The van der Waals surface area contributed by atoms with Gasteiger partial charge in [-0.15, -0.1) is 0 Å². The SMILES string of the molecule is N#Cc1cncc2ccc(NC(=O)[C@@H]3C[C@H]3c3ccc(S(=O)(=O)Nc4ccccn4)cc3)cc12. The monoisotopic (exact) mass is 469 g/mol. The van der Waals surface area contributed by atoms with Gasteiger partial charge < -0.3 is 5.32 Å². The number of sulfonamides is 1. The molecule has 0 bridgehead atoms. The molecule has 1 aliphatic rings. The van der Waals surface area contributed by atoms with Crippen molar-refractivity contribution >= 4 is 38.2 Å². The van der Waals surface area contributed by atoms with Crippen LogP contribution in [0, 0.1) is 17.2 Å². The van der Waals surface area contributed by atoms with Crippen LogP contribution in [0.2, 0.25) is 0 Å². The van der Waals surface area contributed by atoms with E-state index >= 15 is 0 Å². The van der Waals surface area contributed by atoms with Gasteiger partial charge in [0.1, 0.15) is 11.9 Å². The van der Waals surface area contributed by atoms with E-state index in [2.05, 4.69) is 26.1 Å². The van der Waals surface area contributed by atoms with Crippen LogP contribution in [0.5, 0.6) is 0 Å². The summed E-state index contributed by atoms with van der Waals surface area (Å²) < 4.78 is 27.6. The lowest BCUT2D eigenvalue weighted by molar-refractivity contribution is -0.117. The molecule has 2 N–H and O–H groups in total. The zero-order valence-electron chi connectivity index (χ0n) is 17.8. The molecule has 168 valence electrons. The van der Waals surface area contributed by atoms with Gasteiger partial charge in [0.15, 0.2) is 0 Å². The minimum absolute atomic E-state index is 0.0276. The largest absolute Gasteiger partial charge is 0.326 e. The van der Waals surface area contributed by atoms with Gasteiger partial charge in [0.2, 0.25) is 5.91 Å². The van der Waals surface area contributed by atoms with E-state index < -0.39 is 10.0 Å². The Morgan fingerprint density at radius 3 is 2.62 bits per heavy atom. The fourth-order valence-electron chi connectivity index (χ4n) is 3.93. The quantitative estimate of drug-likeness (QED) is 0.439. The highest BCUT2D eigenvalue weighted by Crippen LogP contribution is 2.48. The number of nitriles is 1. The van der Waals surface area contributed by atoms with Crippen LogP contribution in [-0.4, -0.2) is 24.3 Å². The first-order valence-electron chi connectivity index (χ1n) is 10.6. The van der Waals surface area contributed by atoms with Gasteiger partial charge in [-0.1, -0.05) is 24.3 Å². The van der Waals surface area contributed by atoms with Crippen LogP contribution >= 0.6 is 0 Å². The fraction of sp³-hybridized carbons (Fsp3) is 0.120. The Morgan fingerprint density at radius 1 is 1.06 bits per heavy atom. The van der Waals surface area contributed by atoms with E-state index in [0.29, 0.717) is 17.7 Å². The third-order valence-corrected chi connectivity index (χ3v) is 7.17. The summed E-state index contributed by atoms with van der Waals surface area (Å²) in [4.78, 5) is 20.9. The lowest BCUT2D eigenvalue weighted by Crippen LogP contribution is -2.15. The molecule has 0 radical (unpaired) electrons. The van der Waals surface area contributed by atoms with Crippen LogP contribution < -0.4 is 10.0 Å². The maximum absolute atomic E-state index is 12.8. The minimum atomic E-state index is -3.75. The number of amides is 1. The average Bonchev–Trinajstić information content (AvgIpc) is 3.65. The van der Waals surface area contributed by atoms with Crippen molar-refractivity contribution < 1.29 is 13.2 Å². The number of benzene rings is 2. The lowest BCUT2D eigenvalue weighted by Gasteiger charge is -2.09. The standard InChI is InChI=1S/C25H19N5O3S/c26-13-18-15-27-14-17-4-7-19(11-21(17)18)29-25(31)23-12-22(23)16-5-8-20(9-6-16)34(32,33)30-24-3-1-2-10-28-24/h1-11,14-15,22-23H,12H2,(H,28,30)(H,29,31)/t22-,23+/m0/s1.